The first-order valence-electron chi connectivity index (χ1n) is 6.27. The van der Waals surface area contributed by atoms with Crippen LogP contribution in [-0.2, 0) is 9.63 Å². The fourth-order valence-electron chi connectivity index (χ4n) is 1.53. The van der Waals surface area contributed by atoms with Crippen LogP contribution in [0.4, 0.5) is 0 Å². The second kappa shape index (κ2) is 7.98. The summed E-state index contributed by atoms with van der Waals surface area (Å²) in [5, 5.41) is 11.6. The highest BCUT2D eigenvalue weighted by molar-refractivity contribution is 5.81. The standard InChI is InChI=1S/C13H18N2O5/c1-10(2)12(20-11-6-4-3-5-7-11)13(16)14-8-9-19-15(17)18/h3-7,10,12H,8-9H2,1-2H3,(H,14,16). The van der Waals surface area contributed by atoms with Gasteiger partial charge in [-0.3, -0.25) is 4.79 Å². The first kappa shape index (κ1) is 15.7. The van der Waals surface area contributed by atoms with E-state index in [4.69, 9.17) is 4.74 Å². The predicted octanol–water partition coefficient (Wildman–Crippen LogP) is 1.41. The predicted molar refractivity (Wildman–Crippen MR) is 71.7 cm³/mol. The van der Waals surface area contributed by atoms with E-state index in [9.17, 15) is 14.9 Å². The highest BCUT2D eigenvalue weighted by atomic mass is 16.9. The molecule has 20 heavy (non-hydrogen) atoms. The number of nitrogens with zero attached hydrogens (tertiary/aromatic N) is 1. The van der Waals surface area contributed by atoms with Crippen molar-refractivity contribution in [2.24, 2.45) is 5.92 Å². The van der Waals surface area contributed by atoms with Crippen LogP contribution < -0.4 is 10.1 Å². The lowest BCUT2D eigenvalue weighted by molar-refractivity contribution is -0.757. The molecule has 0 heterocycles. The Kier molecular flexibility index (Phi) is 6.28. The van der Waals surface area contributed by atoms with Crippen molar-refractivity contribution in [3.8, 4) is 5.75 Å². The Hall–Kier alpha value is -2.31. The smallest absolute Gasteiger partial charge is 0.294 e. The molecule has 1 amide bonds. The van der Waals surface area contributed by atoms with Gasteiger partial charge in [0.25, 0.3) is 11.0 Å². The molecular formula is C13H18N2O5. The van der Waals surface area contributed by atoms with Gasteiger partial charge in [-0.05, 0) is 18.1 Å². The van der Waals surface area contributed by atoms with Crippen molar-refractivity contribution < 1.29 is 19.5 Å². The summed E-state index contributed by atoms with van der Waals surface area (Å²) in [4.78, 5) is 26.1. The number of hydrogen-bond donors (Lipinski definition) is 1. The Labute approximate surface area is 117 Å². The third-order valence-corrected chi connectivity index (χ3v) is 2.47. The number of amides is 1. The Balaban J connectivity index is 2.49. The number of nitrogens with one attached hydrogen (secondary N) is 1. The third-order valence-electron chi connectivity index (χ3n) is 2.47. The summed E-state index contributed by atoms with van der Waals surface area (Å²) in [5.74, 6) is 0.241. The molecule has 0 aliphatic rings. The molecule has 1 unspecified atom stereocenters. The maximum atomic E-state index is 12.0. The molecule has 7 heteroatoms. The molecule has 0 bridgehead atoms. The van der Waals surface area contributed by atoms with Crippen LogP contribution in [-0.4, -0.2) is 30.2 Å². The number of rotatable bonds is 8. The van der Waals surface area contributed by atoms with Crippen LogP contribution in [0.2, 0.25) is 0 Å². The highest BCUT2D eigenvalue weighted by Crippen LogP contribution is 2.15. The van der Waals surface area contributed by atoms with Crippen molar-refractivity contribution in [1.82, 2.24) is 5.32 Å². The van der Waals surface area contributed by atoms with Crippen LogP contribution in [0.1, 0.15) is 13.8 Å². The maximum absolute atomic E-state index is 12.0. The average Bonchev–Trinajstić information content (AvgIpc) is 2.41. The van der Waals surface area contributed by atoms with E-state index >= 15 is 0 Å². The summed E-state index contributed by atoms with van der Waals surface area (Å²) in [6.45, 7) is 3.59. The van der Waals surface area contributed by atoms with Crippen LogP contribution in [0.5, 0.6) is 5.75 Å². The zero-order valence-corrected chi connectivity index (χ0v) is 11.4. The van der Waals surface area contributed by atoms with Crippen LogP contribution in [0, 0.1) is 16.0 Å². The zero-order valence-electron chi connectivity index (χ0n) is 11.4. The second-order valence-corrected chi connectivity index (χ2v) is 4.44. The Bertz CT molecular complexity index is 436. The van der Waals surface area contributed by atoms with Gasteiger partial charge in [0.1, 0.15) is 12.4 Å². The molecule has 0 fully saturated rings. The molecule has 0 saturated heterocycles. The summed E-state index contributed by atoms with van der Waals surface area (Å²) in [7, 11) is 0. The van der Waals surface area contributed by atoms with Gasteiger partial charge in [0, 0.05) is 6.54 Å². The van der Waals surface area contributed by atoms with Gasteiger partial charge in [0.05, 0.1) is 0 Å². The monoisotopic (exact) mass is 282 g/mol. The lowest BCUT2D eigenvalue weighted by Crippen LogP contribution is -2.43. The van der Waals surface area contributed by atoms with Crippen molar-refractivity contribution in [3.05, 3.63) is 40.4 Å². The van der Waals surface area contributed by atoms with Crippen molar-refractivity contribution in [1.29, 1.82) is 0 Å². The molecule has 1 aromatic carbocycles. The molecule has 0 aromatic heterocycles. The van der Waals surface area contributed by atoms with E-state index in [1.165, 1.54) is 0 Å². The molecule has 1 N–H and O–H groups in total. The van der Waals surface area contributed by atoms with Gasteiger partial charge in [-0.25, -0.2) is 0 Å². The molecule has 1 atom stereocenters. The molecule has 0 radical (unpaired) electrons. The van der Waals surface area contributed by atoms with E-state index in [0.717, 1.165) is 0 Å². The van der Waals surface area contributed by atoms with Crippen molar-refractivity contribution in [3.63, 3.8) is 0 Å². The van der Waals surface area contributed by atoms with Crippen molar-refractivity contribution >= 4 is 5.91 Å². The average molecular weight is 282 g/mol. The van der Waals surface area contributed by atoms with Crippen LogP contribution >= 0.6 is 0 Å². The zero-order chi connectivity index (χ0) is 15.0. The summed E-state index contributed by atoms with van der Waals surface area (Å²) >= 11 is 0. The highest BCUT2D eigenvalue weighted by Gasteiger charge is 2.23. The summed E-state index contributed by atoms with van der Waals surface area (Å²) in [5.41, 5.74) is 0. The van der Waals surface area contributed by atoms with Gasteiger partial charge in [-0.15, -0.1) is 10.1 Å². The number of para-hydroxylation sites is 1. The fourth-order valence-corrected chi connectivity index (χ4v) is 1.53. The molecule has 110 valence electrons. The second-order valence-electron chi connectivity index (χ2n) is 4.44. The minimum absolute atomic E-state index is 0.0355. The van der Waals surface area contributed by atoms with Gasteiger partial charge >= 0.3 is 0 Å². The molecule has 0 aliphatic heterocycles. The van der Waals surface area contributed by atoms with E-state index in [1.54, 1.807) is 12.1 Å². The quantitative estimate of drug-likeness (QED) is 0.442. The first-order valence-corrected chi connectivity index (χ1v) is 6.27. The molecule has 0 saturated carbocycles. The molecular weight excluding hydrogens is 264 g/mol. The van der Waals surface area contributed by atoms with Crippen LogP contribution in [0.15, 0.2) is 30.3 Å². The van der Waals surface area contributed by atoms with Gasteiger partial charge in [-0.2, -0.15) is 0 Å². The number of carbonyl (C=O) groups excluding carboxylic acids is 1. The van der Waals surface area contributed by atoms with Gasteiger partial charge in [-0.1, -0.05) is 32.0 Å². The van der Waals surface area contributed by atoms with E-state index in [0.29, 0.717) is 5.75 Å². The largest absolute Gasteiger partial charge is 0.480 e. The van der Waals surface area contributed by atoms with Crippen LogP contribution in [0.25, 0.3) is 0 Å². The Morgan fingerprint density at radius 2 is 2.00 bits per heavy atom. The SMILES string of the molecule is CC(C)C(Oc1ccccc1)C(=O)NCCO[N+](=O)[O-]. The Morgan fingerprint density at radius 3 is 2.55 bits per heavy atom. The van der Waals surface area contributed by atoms with E-state index in [-0.39, 0.29) is 25.0 Å². The van der Waals surface area contributed by atoms with E-state index in [1.807, 2.05) is 32.0 Å². The molecule has 1 rings (SSSR count). The minimum Gasteiger partial charge on any atom is -0.480 e. The number of benzene rings is 1. The lowest BCUT2D eigenvalue weighted by atomic mass is 10.1. The third kappa shape index (κ3) is 5.55. The van der Waals surface area contributed by atoms with Gasteiger partial charge in [0.15, 0.2) is 6.10 Å². The van der Waals surface area contributed by atoms with E-state index < -0.39 is 11.2 Å². The number of ether oxygens (including phenoxy) is 1. The minimum atomic E-state index is -0.896. The lowest BCUT2D eigenvalue weighted by Gasteiger charge is -2.21. The first-order chi connectivity index (χ1) is 9.50. The van der Waals surface area contributed by atoms with E-state index in [2.05, 4.69) is 10.2 Å². The van der Waals surface area contributed by atoms with Crippen LogP contribution in [0.3, 0.4) is 0 Å². The molecule has 1 aromatic rings. The number of hydrogen-bond acceptors (Lipinski definition) is 5. The van der Waals surface area contributed by atoms with Crippen molar-refractivity contribution in [2.45, 2.75) is 20.0 Å². The summed E-state index contributed by atoms with van der Waals surface area (Å²) < 4.78 is 5.63. The Morgan fingerprint density at radius 1 is 1.35 bits per heavy atom. The fraction of sp³-hybridized carbons (Fsp3) is 0.462. The van der Waals surface area contributed by atoms with Crippen molar-refractivity contribution in [2.75, 3.05) is 13.2 Å². The molecule has 7 nitrogen and oxygen atoms in total. The summed E-state index contributed by atoms with van der Waals surface area (Å²) in [6, 6.07) is 9.01. The number of carbonyl (C=O) groups is 1. The molecule has 0 aliphatic carbocycles. The normalized spacial score (nSPS) is 11.8. The summed E-state index contributed by atoms with van der Waals surface area (Å²) in [6.07, 6.45) is -0.659. The maximum Gasteiger partial charge on any atom is 0.294 e. The van der Waals surface area contributed by atoms with Gasteiger partial charge < -0.3 is 14.9 Å². The van der Waals surface area contributed by atoms with Gasteiger partial charge in [0.2, 0.25) is 0 Å². The molecule has 0 spiro atoms. The topological polar surface area (TPSA) is 90.7 Å².